The highest BCUT2D eigenvalue weighted by Gasteiger charge is 2.13. The molecule has 2 N–H and O–H groups in total. The maximum Gasteiger partial charge on any atom is 0.313 e. The van der Waals surface area contributed by atoms with Gasteiger partial charge in [0, 0.05) is 37.0 Å². The van der Waals surface area contributed by atoms with Crippen LogP contribution < -0.4 is 15.5 Å². The zero-order chi connectivity index (χ0) is 16.8. The number of anilines is 2. The van der Waals surface area contributed by atoms with E-state index in [0.717, 1.165) is 11.3 Å². The smallest absolute Gasteiger partial charge is 0.313 e. The minimum Gasteiger partial charge on any atom is -0.378 e. The predicted octanol–water partition coefficient (Wildman–Crippen LogP) is 2.66. The van der Waals surface area contributed by atoms with Crippen LogP contribution in [0.4, 0.5) is 11.4 Å². The van der Waals surface area contributed by atoms with Crippen molar-refractivity contribution in [3.05, 3.63) is 59.1 Å². The van der Waals surface area contributed by atoms with E-state index in [1.54, 1.807) is 30.3 Å². The number of benzene rings is 2. The maximum absolute atomic E-state index is 11.9. The molecule has 2 amide bonds. The zero-order valence-electron chi connectivity index (χ0n) is 13.0. The standard InChI is InChI=1S/C17H18ClN3O2/c1-21(2)15-8-6-14(7-9-15)20-17(23)16(22)19-11-12-4-3-5-13(18)10-12/h3-10H,11H2,1-2H3,(H,19,22)(H,20,23). The normalized spacial score (nSPS) is 10.0. The Morgan fingerprint density at radius 1 is 1.04 bits per heavy atom. The summed E-state index contributed by atoms with van der Waals surface area (Å²) in [7, 11) is 3.85. The quantitative estimate of drug-likeness (QED) is 0.847. The molecule has 23 heavy (non-hydrogen) atoms. The third-order valence-electron chi connectivity index (χ3n) is 3.19. The minimum atomic E-state index is -0.704. The fourth-order valence-electron chi connectivity index (χ4n) is 1.94. The first kappa shape index (κ1) is 16.8. The van der Waals surface area contributed by atoms with Crippen LogP contribution in [0.5, 0.6) is 0 Å². The Hall–Kier alpha value is -2.53. The van der Waals surface area contributed by atoms with E-state index in [2.05, 4.69) is 10.6 Å². The third-order valence-corrected chi connectivity index (χ3v) is 3.42. The van der Waals surface area contributed by atoms with Crippen molar-refractivity contribution >= 4 is 34.8 Å². The van der Waals surface area contributed by atoms with Crippen LogP contribution >= 0.6 is 11.6 Å². The Kier molecular flexibility index (Phi) is 5.60. The van der Waals surface area contributed by atoms with Crippen LogP contribution in [0.15, 0.2) is 48.5 Å². The Balaban J connectivity index is 1.88. The molecule has 0 atom stereocenters. The Morgan fingerprint density at radius 3 is 2.35 bits per heavy atom. The number of rotatable bonds is 4. The van der Waals surface area contributed by atoms with Gasteiger partial charge in [0.1, 0.15) is 0 Å². The second kappa shape index (κ2) is 7.65. The summed E-state index contributed by atoms with van der Waals surface area (Å²) < 4.78 is 0. The number of nitrogens with zero attached hydrogens (tertiary/aromatic N) is 1. The predicted molar refractivity (Wildman–Crippen MR) is 92.7 cm³/mol. The summed E-state index contributed by atoms with van der Waals surface area (Å²) in [6, 6.07) is 14.3. The fraction of sp³-hybridized carbons (Fsp3) is 0.176. The van der Waals surface area contributed by atoms with Crippen LogP contribution in [-0.2, 0) is 16.1 Å². The molecule has 5 nitrogen and oxygen atoms in total. The average Bonchev–Trinajstić information content (AvgIpc) is 2.53. The first-order chi connectivity index (χ1) is 11.0. The van der Waals surface area contributed by atoms with Crippen LogP contribution in [0.3, 0.4) is 0 Å². The van der Waals surface area contributed by atoms with Gasteiger partial charge in [-0.05, 0) is 42.0 Å². The van der Waals surface area contributed by atoms with Gasteiger partial charge in [-0.25, -0.2) is 0 Å². The Morgan fingerprint density at radius 2 is 1.74 bits per heavy atom. The highest BCUT2D eigenvalue weighted by atomic mass is 35.5. The topological polar surface area (TPSA) is 61.4 Å². The molecule has 0 heterocycles. The van der Waals surface area contributed by atoms with E-state index in [1.165, 1.54) is 0 Å². The van der Waals surface area contributed by atoms with Crippen LogP contribution in [0, 0.1) is 0 Å². The maximum atomic E-state index is 11.9. The summed E-state index contributed by atoms with van der Waals surface area (Å²) >= 11 is 5.87. The monoisotopic (exact) mass is 331 g/mol. The summed E-state index contributed by atoms with van der Waals surface area (Å²) in [5, 5.41) is 5.70. The molecule has 0 aliphatic heterocycles. The van der Waals surface area contributed by atoms with Gasteiger partial charge >= 0.3 is 11.8 Å². The number of hydrogen-bond acceptors (Lipinski definition) is 3. The van der Waals surface area contributed by atoms with Crippen molar-refractivity contribution in [3.8, 4) is 0 Å². The van der Waals surface area contributed by atoms with Gasteiger partial charge in [0.25, 0.3) is 0 Å². The third kappa shape index (κ3) is 5.00. The molecule has 0 unspecified atom stereocenters. The largest absolute Gasteiger partial charge is 0.378 e. The molecular formula is C17H18ClN3O2. The van der Waals surface area contributed by atoms with Gasteiger partial charge in [-0.2, -0.15) is 0 Å². The van der Waals surface area contributed by atoms with Crippen molar-refractivity contribution in [2.45, 2.75) is 6.54 Å². The molecule has 0 bridgehead atoms. The molecule has 0 spiro atoms. The van der Waals surface area contributed by atoms with Crippen LogP contribution in [-0.4, -0.2) is 25.9 Å². The second-order valence-corrected chi connectivity index (χ2v) is 5.64. The number of halogens is 1. The Labute approximate surface area is 140 Å². The molecule has 0 aliphatic carbocycles. The average molecular weight is 332 g/mol. The lowest BCUT2D eigenvalue weighted by molar-refractivity contribution is -0.136. The minimum absolute atomic E-state index is 0.242. The molecule has 0 fully saturated rings. The summed E-state index contributed by atoms with van der Waals surface area (Å²) in [5.41, 5.74) is 2.40. The van der Waals surface area contributed by atoms with Gasteiger partial charge in [0.05, 0.1) is 0 Å². The van der Waals surface area contributed by atoms with Gasteiger partial charge < -0.3 is 15.5 Å². The van der Waals surface area contributed by atoms with Crippen molar-refractivity contribution in [1.82, 2.24) is 5.32 Å². The Bertz CT molecular complexity index is 699. The number of carbonyl (C=O) groups excluding carboxylic acids is 2. The van der Waals surface area contributed by atoms with Crippen LogP contribution in [0.25, 0.3) is 0 Å². The van der Waals surface area contributed by atoms with Crippen molar-refractivity contribution in [2.75, 3.05) is 24.3 Å². The van der Waals surface area contributed by atoms with E-state index < -0.39 is 11.8 Å². The van der Waals surface area contributed by atoms with Gasteiger partial charge in [-0.1, -0.05) is 23.7 Å². The molecule has 0 aliphatic rings. The zero-order valence-corrected chi connectivity index (χ0v) is 13.7. The lowest BCUT2D eigenvalue weighted by atomic mass is 10.2. The molecule has 0 saturated heterocycles. The van der Waals surface area contributed by atoms with E-state index in [0.29, 0.717) is 10.7 Å². The summed E-state index contributed by atoms with van der Waals surface area (Å²) in [6.07, 6.45) is 0. The number of amides is 2. The molecule has 0 radical (unpaired) electrons. The summed E-state index contributed by atoms with van der Waals surface area (Å²) in [6.45, 7) is 0.242. The van der Waals surface area contributed by atoms with Crippen molar-refractivity contribution in [3.63, 3.8) is 0 Å². The van der Waals surface area contributed by atoms with Crippen molar-refractivity contribution in [1.29, 1.82) is 0 Å². The number of nitrogens with one attached hydrogen (secondary N) is 2. The van der Waals surface area contributed by atoms with Gasteiger partial charge in [-0.3, -0.25) is 9.59 Å². The molecule has 0 aromatic heterocycles. The van der Waals surface area contributed by atoms with E-state index in [9.17, 15) is 9.59 Å². The van der Waals surface area contributed by atoms with Crippen LogP contribution in [0.1, 0.15) is 5.56 Å². The first-order valence-electron chi connectivity index (χ1n) is 7.07. The molecule has 120 valence electrons. The lowest BCUT2D eigenvalue weighted by Crippen LogP contribution is -2.34. The molecule has 2 aromatic rings. The molecular weight excluding hydrogens is 314 g/mol. The second-order valence-electron chi connectivity index (χ2n) is 5.21. The van der Waals surface area contributed by atoms with Gasteiger partial charge in [-0.15, -0.1) is 0 Å². The van der Waals surface area contributed by atoms with Crippen LogP contribution in [0.2, 0.25) is 5.02 Å². The molecule has 6 heteroatoms. The highest BCUT2D eigenvalue weighted by molar-refractivity contribution is 6.39. The molecule has 2 rings (SSSR count). The summed E-state index contributed by atoms with van der Waals surface area (Å²) in [5.74, 6) is -1.40. The number of carbonyl (C=O) groups is 2. The van der Waals surface area contributed by atoms with Crippen molar-refractivity contribution in [2.24, 2.45) is 0 Å². The first-order valence-corrected chi connectivity index (χ1v) is 7.44. The van der Waals surface area contributed by atoms with E-state index >= 15 is 0 Å². The molecule has 0 saturated carbocycles. The summed E-state index contributed by atoms with van der Waals surface area (Å²) in [4.78, 5) is 25.6. The van der Waals surface area contributed by atoms with E-state index in [4.69, 9.17) is 11.6 Å². The number of hydrogen-bond donors (Lipinski definition) is 2. The fourth-order valence-corrected chi connectivity index (χ4v) is 2.15. The SMILES string of the molecule is CN(C)c1ccc(NC(=O)C(=O)NCc2cccc(Cl)c2)cc1. The molecule has 2 aromatic carbocycles. The van der Waals surface area contributed by atoms with Gasteiger partial charge in [0.15, 0.2) is 0 Å². The van der Waals surface area contributed by atoms with Gasteiger partial charge in [0.2, 0.25) is 0 Å². The van der Waals surface area contributed by atoms with E-state index in [-0.39, 0.29) is 6.54 Å². The lowest BCUT2D eigenvalue weighted by Gasteiger charge is -2.13. The highest BCUT2D eigenvalue weighted by Crippen LogP contribution is 2.15. The van der Waals surface area contributed by atoms with E-state index in [1.807, 2.05) is 37.2 Å². The van der Waals surface area contributed by atoms with Crippen molar-refractivity contribution < 1.29 is 9.59 Å².